The third-order valence-corrected chi connectivity index (χ3v) is 5.16. The number of H-pyrrole nitrogens is 2. The number of imidazole rings is 1. The van der Waals surface area contributed by atoms with Crippen molar-refractivity contribution in [2.75, 3.05) is 0 Å². The first-order chi connectivity index (χ1) is 15.1. The lowest BCUT2D eigenvalue weighted by Gasteiger charge is -2.09. The molecule has 12 heteroatoms. The van der Waals surface area contributed by atoms with Crippen molar-refractivity contribution in [2.24, 2.45) is 11.0 Å². The third kappa shape index (κ3) is 4.03. The van der Waals surface area contributed by atoms with E-state index in [1.807, 2.05) is 0 Å². The number of nitrogens with zero attached hydrogens (tertiary/aromatic N) is 4. The molecule has 166 valence electrons. The van der Waals surface area contributed by atoms with Crippen LogP contribution in [0.2, 0.25) is 0 Å². The van der Waals surface area contributed by atoms with Crippen LogP contribution in [-0.2, 0) is 6.18 Å². The smallest absolute Gasteiger partial charge is 0.313 e. The second kappa shape index (κ2) is 7.70. The predicted molar refractivity (Wildman–Crippen MR) is 107 cm³/mol. The Hall–Kier alpha value is -3.83. The van der Waals surface area contributed by atoms with Crippen LogP contribution in [0.3, 0.4) is 0 Å². The molecule has 2 N–H and O–H groups in total. The monoisotopic (exact) mass is 448 g/mol. The van der Waals surface area contributed by atoms with E-state index in [9.17, 15) is 27.2 Å². The average Bonchev–Trinajstić information content (AvgIpc) is 3.37. The van der Waals surface area contributed by atoms with E-state index in [1.54, 1.807) is 6.92 Å². The van der Waals surface area contributed by atoms with Crippen molar-refractivity contribution in [1.82, 2.24) is 24.6 Å². The molecule has 1 fully saturated rings. The molecular weight excluding hydrogens is 432 g/mol. The molecule has 1 aliphatic carbocycles. The van der Waals surface area contributed by atoms with E-state index in [-0.39, 0.29) is 22.9 Å². The number of aromatic nitrogens is 5. The first-order valence-electron chi connectivity index (χ1n) is 9.39. The van der Waals surface area contributed by atoms with Gasteiger partial charge in [-0.15, -0.1) is 0 Å². The molecule has 0 unspecified atom stereocenters. The topological polar surface area (TPSA) is 109 Å². The molecule has 0 radical (unpaired) electrons. The zero-order valence-electron chi connectivity index (χ0n) is 16.6. The molecule has 3 aromatic rings. The van der Waals surface area contributed by atoms with Gasteiger partial charge < -0.3 is 4.98 Å². The molecule has 1 saturated carbocycles. The van der Waals surface area contributed by atoms with E-state index in [1.165, 1.54) is 23.3 Å². The Morgan fingerprint density at radius 2 is 2.06 bits per heavy atom. The summed E-state index contributed by atoms with van der Waals surface area (Å²) in [5.41, 5.74) is -1.51. The van der Waals surface area contributed by atoms with Crippen LogP contribution in [0.5, 0.6) is 0 Å². The van der Waals surface area contributed by atoms with Gasteiger partial charge in [-0.1, -0.05) is 6.58 Å². The molecule has 3 heterocycles. The lowest BCUT2D eigenvalue weighted by molar-refractivity contribution is -0.138. The van der Waals surface area contributed by atoms with Crippen molar-refractivity contribution >= 4 is 11.3 Å². The maximum Gasteiger partial charge on any atom is 0.417 e. The number of nitrogens with one attached hydrogen (secondary N) is 2. The maximum absolute atomic E-state index is 14.3. The van der Waals surface area contributed by atoms with Gasteiger partial charge in [0.05, 0.1) is 22.5 Å². The Balaban J connectivity index is 1.56. The second-order valence-electron chi connectivity index (χ2n) is 7.33. The molecule has 8 nitrogen and oxygen atoms in total. The summed E-state index contributed by atoms with van der Waals surface area (Å²) in [5.74, 6) is -1.37. The molecule has 0 saturated heterocycles. The molecule has 0 bridgehead atoms. The number of rotatable bonds is 5. The largest absolute Gasteiger partial charge is 0.417 e. The summed E-state index contributed by atoms with van der Waals surface area (Å²) >= 11 is 0. The zero-order chi connectivity index (χ0) is 23.2. The van der Waals surface area contributed by atoms with Crippen molar-refractivity contribution < 1.29 is 17.6 Å². The number of allylic oxidation sites excluding steroid dienone is 1. The standard InChI is InChI=1S/C20H16F4N6O2/c1-9(12-6-13(12)16-15(21)5-11(7-26-16)20(22,23)24)17-25-3-4-30(17)29-10(2)14-8-27-19(32)28-18(14)31/h3-5,7-8,12-13H,1,6H2,2H3,(H2,27,28,31,32)/b29-10+/t12-,13+/m1/s1. The summed E-state index contributed by atoms with van der Waals surface area (Å²) in [6, 6.07) is 0.441. The van der Waals surface area contributed by atoms with E-state index in [4.69, 9.17) is 0 Å². The molecule has 3 aromatic heterocycles. The van der Waals surface area contributed by atoms with Gasteiger partial charge in [0.2, 0.25) is 0 Å². The average molecular weight is 448 g/mol. The molecule has 4 rings (SSSR count). The van der Waals surface area contributed by atoms with Gasteiger partial charge in [-0.3, -0.25) is 14.8 Å². The highest BCUT2D eigenvalue weighted by Crippen LogP contribution is 2.54. The van der Waals surface area contributed by atoms with Crippen LogP contribution in [0.1, 0.15) is 41.9 Å². The molecule has 0 aromatic carbocycles. The number of alkyl halides is 3. The number of hydrogen-bond acceptors (Lipinski definition) is 5. The van der Waals surface area contributed by atoms with Crippen molar-refractivity contribution in [3.05, 3.63) is 86.7 Å². The van der Waals surface area contributed by atoms with Crippen LogP contribution < -0.4 is 11.2 Å². The number of hydrogen-bond donors (Lipinski definition) is 2. The lowest BCUT2D eigenvalue weighted by atomic mass is 10.1. The van der Waals surface area contributed by atoms with Gasteiger partial charge in [0.25, 0.3) is 5.56 Å². The SMILES string of the molecule is C=C(c1nccn1/N=C(\C)c1c[nH]c(=O)[nH]c1=O)[C@H]1C[C@@H]1c1ncc(C(F)(F)F)cc1F. The minimum absolute atomic E-state index is 0.0540. The fraction of sp³-hybridized carbons (Fsp3) is 0.250. The summed E-state index contributed by atoms with van der Waals surface area (Å²) in [5, 5.41) is 4.32. The van der Waals surface area contributed by atoms with Crippen molar-refractivity contribution in [3.63, 3.8) is 0 Å². The highest BCUT2D eigenvalue weighted by atomic mass is 19.4. The van der Waals surface area contributed by atoms with Crippen molar-refractivity contribution in [1.29, 1.82) is 0 Å². The summed E-state index contributed by atoms with van der Waals surface area (Å²) < 4.78 is 53.9. The Morgan fingerprint density at radius 3 is 2.72 bits per heavy atom. The van der Waals surface area contributed by atoms with Gasteiger partial charge in [0.15, 0.2) is 5.82 Å². The first kappa shape index (κ1) is 21.4. The molecule has 1 aliphatic rings. The molecule has 0 amide bonds. The quantitative estimate of drug-likeness (QED) is 0.462. The number of halogens is 4. The Labute approximate surface area is 177 Å². The van der Waals surface area contributed by atoms with Crippen LogP contribution in [0.4, 0.5) is 17.6 Å². The van der Waals surface area contributed by atoms with Crippen LogP contribution in [0, 0.1) is 11.7 Å². The van der Waals surface area contributed by atoms with Gasteiger partial charge in [0.1, 0.15) is 5.82 Å². The van der Waals surface area contributed by atoms with Gasteiger partial charge in [-0.25, -0.2) is 18.8 Å². The summed E-state index contributed by atoms with van der Waals surface area (Å²) in [6.07, 6.45) is 0.617. The van der Waals surface area contributed by atoms with Crippen molar-refractivity contribution in [2.45, 2.75) is 25.4 Å². The van der Waals surface area contributed by atoms with E-state index < -0.39 is 34.7 Å². The Morgan fingerprint density at radius 1 is 1.31 bits per heavy atom. The summed E-state index contributed by atoms with van der Waals surface area (Å²) in [6.45, 7) is 5.56. The van der Waals surface area contributed by atoms with Crippen LogP contribution in [-0.4, -0.2) is 30.3 Å². The van der Waals surface area contributed by atoms with E-state index >= 15 is 0 Å². The number of pyridine rings is 1. The van der Waals surface area contributed by atoms with Gasteiger partial charge >= 0.3 is 11.9 Å². The van der Waals surface area contributed by atoms with E-state index in [0.717, 1.165) is 0 Å². The second-order valence-corrected chi connectivity index (χ2v) is 7.33. The third-order valence-electron chi connectivity index (χ3n) is 5.16. The van der Waals surface area contributed by atoms with Crippen LogP contribution in [0.15, 0.2) is 52.1 Å². The van der Waals surface area contributed by atoms with Gasteiger partial charge in [0, 0.05) is 30.7 Å². The van der Waals surface area contributed by atoms with Crippen LogP contribution in [0.25, 0.3) is 5.57 Å². The minimum atomic E-state index is -4.67. The first-order valence-corrected chi connectivity index (χ1v) is 9.39. The zero-order valence-corrected chi connectivity index (χ0v) is 16.6. The van der Waals surface area contributed by atoms with E-state index in [2.05, 4.69) is 31.6 Å². The normalized spacial score (nSPS) is 18.6. The maximum atomic E-state index is 14.3. The Kier molecular flexibility index (Phi) is 5.15. The highest BCUT2D eigenvalue weighted by molar-refractivity contribution is 5.98. The lowest BCUT2D eigenvalue weighted by Crippen LogP contribution is -2.26. The minimum Gasteiger partial charge on any atom is -0.313 e. The van der Waals surface area contributed by atoms with Gasteiger partial charge in [-0.2, -0.15) is 18.3 Å². The van der Waals surface area contributed by atoms with Crippen molar-refractivity contribution in [3.8, 4) is 0 Å². The Bertz CT molecular complexity index is 1350. The molecule has 32 heavy (non-hydrogen) atoms. The summed E-state index contributed by atoms with van der Waals surface area (Å²) in [4.78, 5) is 35.5. The van der Waals surface area contributed by atoms with Gasteiger partial charge in [-0.05, 0) is 30.9 Å². The van der Waals surface area contributed by atoms with Crippen LogP contribution >= 0.6 is 0 Å². The fourth-order valence-electron chi connectivity index (χ4n) is 3.43. The number of aromatic amines is 2. The predicted octanol–water partition coefficient (Wildman–Crippen LogP) is 2.90. The molecule has 0 spiro atoms. The fourth-order valence-corrected chi connectivity index (χ4v) is 3.43. The molecule has 2 atom stereocenters. The summed E-state index contributed by atoms with van der Waals surface area (Å²) in [7, 11) is 0. The molecular formula is C20H16F4N6O2. The highest BCUT2D eigenvalue weighted by Gasteiger charge is 2.45. The molecule has 0 aliphatic heterocycles. The van der Waals surface area contributed by atoms with E-state index in [0.29, 0.717) is 30.1 Å².